The smallest absolute Gasteiger partial charge is 0.416 e. The Balaban J connectivity index is 1.78. The molecule has 37 heavy (non-hydrogen) atoms. The highest BCUT2D eigenvalue weighted by Gasteiger charge is 2.32. The van der Waals surface area contributed by atoms with E-state index in [1.165, 1.54) is 13.0 Å². The van der Waals surface area contributed by atoms with E-state index in [2.05, 4.69) is 0 Å². The number of aryl methyl sites for hydroxylation is 1. The molecule has 4 aromatic rings. The van der Waals surface area contributed by atoms with E-state index < -0.39 is 23.8 Å². The molecule has 1 aromatic heterocycles. The van der Waals surface area contributed by atoms with Gasteiger partial charge in [-0.1, -0.05) is 60.2 Å². The van der Waals surface area contributed by atoms with Gasteiger partial charge in [-0.15, -0.1) is 0 Å². The second-order valence-electron chi connectivity index (χ2n) is 9.08. The van der Waals surface area contributed by atoms with Gasteiger partial charge in [0.1, 0.15) is 0 Å². The third-order valence-corrected chi connectivity index (χ3v) is 6.37. The quantitative estimate of drug-likeness (QED) is 0.274. The zero-order chi connectivity index (χ0) is 26.9. The van der Waals surface area contributed by atoms with Crippen LogP contribution in [0, 0.1) is 13.8 Å². The summed E-state index contributed by atoms with van der Waals surface area (Å²) >= 11 is 0. The Hall–Kier alpha value is -3.91. The van der Waals surface area contributed by atoms with Gasteiger partial charge >= 0.3 is 12.1 Å². The molecule has 0 aliphatic heterocycles. The van der Waals surface area contributed by atoms with E-state index >= 15 is 0 Å². The molecule has 0 saturated carbocycles. The monoisotopic (exact) mass is 509 g/mol. The number of aromatic nitrogens is 1. The van der Waals surface area contributed by atoms with Gasteiger partial charge in [0.25, 0.3) is 0 Å². The average Bonchev–Trinajstić information content (AvgIpc) is 3.12. The van der Waals surface area contributed by atoms with Crippen LogP contribution in [0.15, 0.2) is 66.7 Å². The van der Waals surface area contributed by atoms with Crippen LogP contribution in [-0.4, -0.2) is 27.5 Å². The van der Waals surface area contributed by atoms with E-state index in [1.807, 2.05) is 31.2 Å². The fourth-order valence-electron chi connectivity index (χ4n) is 4.29. The molecule has 0 fully saturated rings. The third-order valence-electron chi connectivity index (χ3n) is 6.37. The number of fused-ring (bicyclic) bond motifs is 1. The zero-order valence-electron chi connectivity index (χ0n) is 20.6. The number of rotatable bonds is 8. The molecule has 3 aromatic carbocycles. The fraction of sp³-hybridized carbons (Fsp3) is 0.241. The van der Waals surface area contributed by atoms with Crippen LogP contribution >= 0.6 is 0 Å². The summed E-state index contributed by atoms with van der Waals surface area (Å²) < 4.78 is 47.8. The number of alkyl halides is 3. The van der Waals surface area contributed by atoms with Crippen LogP contribution in [0.2, 0.25) is 0 Å². The summed E-state index contributed by atoms with van der Waals surface area (Å²) in [5.74, 6) is -1.33. The lowest BCUT2D eigenvalue weighted by Gasteiger charge is -2.13. The Morgan fingerprint density at radius 1 is 0.973 bits per heavy atom. The van der Waals surface area contributed by atoms with Crippen molar-refractivity contribution in [3.63, 3.8) is 0 Å². The molecule has 0 unspecified atom stereocenters. The second-order valence-corrected chi connectivity index (χ2v) is 9.08. The van der Waals surface area contributed by atoms with Crippen LogP contribution in [0.4, 0.5) is 13.2 Å². The molecule has 0 saturated heterocycles. The first-order valence-electron chi connectivity index (χ1n) is 11.7. The molecule has 4 rings (SSSR count). The van der Waals surface area contributed by atoms with Gasteiger partial charge in [-0.05, 0) is 44.0 Å². The van der Waals surface area contributed by atoms with Crippen molar-refractivity contribution in [2.45, 2.75) is 46.2 Å². The van der Waals surface area contributed by atoms with Gasteiger partial charge in [0.2, 0.25) is 0 Å². The van der Waals surface area contributed by atoms with Gasteiger partial charge in [-0.2, -0.15) is 13.2 Å². The van der Waals surface area contributed by atoms with Gasteiger partial charge in [-0.3, -0.25) is 4.79 Å². The highest BCUT2D eigenvalue weighted by Crippen LogP contribution is 2.35. The number of carbonyl (C=O) groups excluding carboxylic acids is 1. The van der Waals surface area contributed by atoms with Gasteiger partial charge in [-0.25, -0.2) is 4.79 Å². The van der Waals surface area contributed by atoms with Gasteiger partial charge in [0.05, 0.1) is 17.7 Å². The summed E-state index contributed by atoms with van der Waals surface area (Å²) in [5, 5.41) is 9.48. The molecule has 1 heterocycles. The van der Waals surface area contributed by atoms with E-state index in [0.717, 1.165) is 28.8 Å². The summed E-state index contributed by atoms with van der Waals surface area (Å²) in [4.78, 5) is 24.5. The Morgan fingerprint density at radius 2 is 1.65 bits per heavy atom. The minimum Gasteiger partial charge on any atom is -0.479 e. The topological polar surface area (TPSA) is 68.5 Å². The number of nitrogens with zero attached hydrogens (tertiary/aromatic N) is 1. The molecule has 1 N–H and O–H groups in total. The lowest BCUT2D eigenvalue weighted by Crippen LogP contribution is -2.19. The van der Waals surface area contributed by atoms with Gasteiger partial charge < -0.3 is 14.4 Å². The Morgan fingerprint density at radius 3 is 2.30 bits per heavy atom. The predicted molar refractivity (Wildman–Crippen MR) is 134 cm³/mol. The molecule has 0 radical (unpaired) electrons. The van der Waals surface area contributed by atoms with Crippen molar-refractivity contribution < 1.29 is 32.6 Å². The minimum absolute atomic E-state index is 0.0715. The van der Waals surface area contributed by atoms with E-state index in [0.29, 0.717) is 27.7 Å². The maximum atomic E-state index is 13.6. The molecule has 192 valence electrons. The largest absolute Gasteiger partial charge is 0.479 e. The number of benzene rings is 3. The van der Waals surface area contributed by atoms with Crippen LogP contribution in [0.3, 0.4) is 0 Å². The number of carboxylic acid groups (broad SMARTS) is 1. The third kappa shape index (κ3) is 5.59. The second kappa shape index (κ2) is 10.2. The molecule has 0 aliphatic rings. The van der Waals surface area contributed by atoms with E-state index in [4.69, 9.17) is 9.84 Å². The number of hydrogen-bond acceptors (Lipinski definition) is 3. The average molecular weight is 510 g/mol. The van der Waals surface area contributed by atoms with Crippen LogP contribution in [-0.2, 0) is 28.9 Å². The predicted octanol–water partition coefficient (Wildman–Crippen LogP) is 6.55. The molecular formula is C29H26F3NO4. The van der Waals surface area contributed by atoms with E-state index in [-0.39, 0.29) is 18.9 Å². The molecule has 0 aliphatic carbocycles. The van der Waals surface area contributed by atoms with Crippen molar-refractivity contribution in [3.8, 4) is 0 Å². The summed E-state index contributed by atoms with van der Waals surface area (Å²) in [6.07, 6.45) is -5.51. The number of hydrogen-bond donors (Lipinski definition) is 1. The lowest BCUT2D eigenvalue weighted by molar-refractivity contribution is -0.149. The number of ketones is 1. The number of carboxylic acids is 1. The van der Waals surface area contributed by atoms with Crippen LogP contribution in [0.1, 0.15) is 50.8 Å². The van der Waals surface area contributed by atoms with Crippen molar-refractivity contribution in [3.05, 3.63) is 106 Å². The minimum atomic E-state index is -4.53. The van der Waals surface area contributed by atoms with E-state index in [9.17, 15) is 22.8 Å². The molecule has 1 atom stereocenters. The Kier molecular flexibility index (Phi) is 7.23. The van der Waals surface area contributed by atoms with Crippen molar-refractivity contribution in [2.75, 3.05) is 0 Å². The maximum Gasteiger partial charge on any atom is 0.416 e. The number of aliphatic carboxylic acids is 1. The Bertz CT molecular complexity index is 1470. The van der Waals surface area contributed by atoms with Crippen molar-refractivity contribution in [1.82, 2.24) is 4.57 Å². The van der Waals surface area contributed by atoms with E-state index in [1.54, 1.807) is 35.8 Å². The van der Waals surface area contributed by atoms with Gasteiger partial charge in [0, 0.05) is 28.7 Å². The summed E-state index contributed by atoms with van der Waals surface area (Å²) in [5.41, 5.74) is 3.39. The van der Waals surface area contributed by atoms with Crippen LogP contribution < -0.4 is 0 Å². The number of carbonyl (C=O) groups is 2. The first-order valence-corrected chi connectivity index (χ1v) is 11.7. The van der Waals surface area contributed by atoms with Crippen LogP contribution in [0.25, 0.3) is 10.9 Å². The first-order chi connectivity index (χ1) is 17.5. The van der Waals surface area contributed by atoms with Crippen molar-refractivity contribution in [1.29, 1.82) is 0 Å². The van der Waals surface area contributed by atoms with Gasteiger partial charge in [0.15, 0.2) is 11.9 Å². The SMILES string of the molecule is Cc1ccc(C(=O)c2c(C)n(Cc3cccc(CO[C@H](C)C(=O)O)c3)c3cc(C(F)(F)F)ccc23)cc1. The highest BCUT2D eigenvalue weighted by atomic mass is 19.4. The molecular weight excluding hydrogens is 483 g/mol. The first kappa shape index (κ1) is 26.2. The van der Waals surface area contributed by atoms with Crippen molar-refractivity contribution >= 4 is 22.7 Å². The molecule has 0 spiro atoms. The molecule has 0 amide bonds. The lowest BCUT2D eigenvalue weighted by atomic mass is 9.99. The maximum absolute atomic E-state index is 13.6. The molecule has 0 bridgehead atoms. The summed E-state index contributed by atoms with van der Waals surface area (Å²) in [7, 11) is 0. The number of ether oxygens (including phenoxy) is 1. The molecule has 5 nitrogen and oxygen atoms in total. The standard InChI is InChI=1S/C29H26F3NO4/c1-17-7-9-22(10-8-17)27(34)26-18(2)33(25-14-23(29(30,31)32)11-12-24(25)26)15-20-5-4-6-21(13-20)16-37-19(3)28(35)36/h4-14,19H,15-16H2,1-3H3,(H,35,36)/t19-/m1/s1. The highest BCUT2D eigenvalue weighted by molar-refractivity contribution is 6.17. The number of halogens is 3. The fourth-order valence-corrected chi connectivity index (χ4v) is 4.29. The normalized spacial score (nSPS) is 12.6. The summed E-state index contributed by atoms with van der Waals surface area (Å²) in [6, 6.07) is 17.7. The Labute approximate surface area is 212 Å². The summed E-state index contributed by atoms with van der Waals surface area (Å²) in [6.45, 7) is 5.36. The zero-order valence-corrected chi connectivity index (χ0v) is 20.6. The van der Waals surface area contributed by atoms with Crippen molar-refractivity contribution in [2.24, 2.45) is 0 Å². The van der Waals surface area contributed by atoms with Crippen LogP contribution in [0.5, 0.6) is 0 Å². The molecule has 8 heteroatoms.